The molecule has 2 aromatic heterocycles. The number of hydrogen-bond acceptors (Lipinski definition) is 5. The number of benzene rings is 1. The second kappa shape index (κ2) is 8.48. The lowest BCUT2D eigenvalue weighted by molar-refractivity contribution is -0.139. The van der Waals surface area contributed by atoms with Crippen LogP contribution in [0.5, 0.6) is 0 Å². The number of nitrogens with zero attached hydrogens (tertiary/aromatic N) is 3. The summed E-state index contributed by atoms with van der Waals surface area (Å²) in [4.78, 5) is 33.3. The highest BCUT2D eigenvalue weighted by molar-refractivity contribution is 7.99. The van der Waals surface area contributed by atoms with Crippen LogP contribution in [0, 0.1) is 6.92 Å². The van der Waals surface area contributed by atoms with E-state index in [9.17, 15) is 22.8 Å². The molecule has 10 heteroatoms. The summed E-state index contributed by atoms with van der Waals surface area (Å²) in [6.07, 6.45) is -0.369. The zero-order valence-electron chi connectivity index (χ0n) is 15.1. The molecule has 0 aliphatic rings. The van der Waals surface area contributed by atoms with Gasteiger partial charge >= 0.3 is 6.18 Å². The van der Waals surface area contributed by atoms with Crippen LogP contribution in [-0.2, 0) is 17.5 Å². The standard InChI is InChI=1S/C19H15F3N4O2S/c1-12-10-13(29-18-23-7-3-8-24-18)5-6-15(12)25-16(27)11-26-9-2-4-14(17(26)28)19(20,21)22/h2-10H,11H2,1H3,(H,25,27). The Kier molecular flexibility index (Phi) is 6.02. The highest BCUT2D eigenvalue weighted by Gasteiger charge is 2.34. The van der Waals surface area contributed by atoms with Crippen molar-refractivity contribution in [1.82, 2.24) is 14.5 Å². The maximum Gasteiger partial charge on any atom is 0.421 e. The number of rotatable bonds is 5. The lowest BCUT2D eigenvalue weighted by atomic mass is 10.2. The van der Waals surface area contributed by atoms with E-state index in [2.05, 4.69) is 15.3 Å². The third-order valence-electron chi connectivity index (χ3n) is 3.86. The molecule has 1 N–H and O–H groups in total. The van der Waals surface area contributed by atoms with Crippen molar-refractivity contribution >= 4 is 23.4 Å². The summed E-state index contributed by atoms with van der Waals surface area (Å²) in [5, 5.41) is 3.19. The van der Waals surface area contributed by atoms with Gasteiger partial charge < -0.3 is 9.88 Å². The van der Waals surface area contributed by atoms with Crippen LogP contribution in [0.15, 0.2) is 69.8 Å². The number of nitrogens with one attached hydrogen (secondary N) is 1. The van der Waals surface area contributed by atoms with Crippen LogP contribution in [0.3, 0.4) is 0 Å². The second-order valence-electron chi connectivity index (χ2n) is 6.01. The minimum absolute atomic E-state index is 0.494. The average molecular weight is 420 g/mol. The van der Waals surface area contributed by atoms with Gasteiger partial charge in [0.2, 0.25) is 5.91 Å². The van der Waals surface area contributed by atoms with Crippen molar-refractivity contribution in [2.45, 2.75) is 29.7 Å². The Labute approximate surface area is 167 Å². The fraction of sp³-hybridized carbons (Fsp3) is 0.158. The van der Waals surface area contributed by atoms with E-state index in [0.717, 1.165) is 27.3 Å². The molecule has 0 fully saturated rings. The normalized spacial score (nSPS) is 11.3. The Hall–Kier alpha value is -3.14. The van der Waals surface area contributed by atoms with E-state index in [-0.39, 0.29) is 0 Å². The summed E-state index contributed by atoms with van der Waals surface area (Å²) >= 11 is 1.35. The van der Waals surface area contributed by atoms with Crippen molar-refractivity contribution in [2.24, 2.45) is 0 Å². The van der Waals surface area contributed by atoms with Gasteiger partial charge in [-0.25, -0.2) is 9.97 Å². The lowest BCUT2D eigenvalue weighted by Crippen LogP contribution is -2.32. The van der Waals surface area contributed by atoms with Gasteiger partial charge in [0.05, 0.1) is 0 Å². The predicted molar refractivity (Wildman–Crippen MR) is 102 cm³/mol. The zero-order chi connectivity index (χ0) is 21.0. The fourth-order valence-electron chi connectivity index (χ4n) is 2.50. The Balaban J connectivity index is 1.71. The Morgan fingerprint density at radius 3 is 2.55 bits per heavy atom. The van der Waals surface area contributed by atoms with Gasteiger partial charge in [0.25, 0.3) is 5.56 Å². The van der Waals surface area contributed by atoms with E-state index in [1.165, 1.54) is 11.8 Å². The number of pyridine rings is 1. The molecule has 1 amide bonds. The maximum atomic E-state index is 12.8. The quantitative estimate of drug-likeness (QED) is 0.636. The second-order valence-corrected chi connectivity index (χ2v) is 7.05. The summed E-state index contributed by atoms with van der Waals surface area (Å²) in [6.45, 7) is 1.25. The molecule has 0 unspecified atom stereocenters. The van der Waals surface area contributed by atoms with E-state index >= 15 is 0 Å². The van der Waals surface area contributed by atoms with Gasteiger partial charge in [0.1, 0.15) is 12.1 Å². The van der Waals surface area contributed by atoms with E-state index in [0.29, 0.717) is 16.9 Å². The van der Waals surface area contributed by atoms with E-state index < -0.39 is 29.8 Å². The van der Waals surface area contributed by atoms with Crippen molar-refractivity contribution in [2.75, 3.05) is 5.32 Å². The molecule has 0 saturated carbocycles. The minimum atomic E-state index is -4.77. The first-order valence-corrected chi connectivity index (χ1v) is 9.18. The van der Waals surface area contributed by atoms with Crippen LogP contribution < -0.4 is 10.9 Å². The SMILES string of the molecule is Cc1cc(Sc2ncccn2)ccc1NC(=O)Cn1cccc(C(F)(F)F)c1=O. The predicted octanol–water partition coefficient (Wildman–Crippen LogP) is 3.76. The van der Waals surface area contributed by atoms with Crippen molar-refractivity contribution in [3.05, 3.63) is 76.5 Å². The Morgan fingerprint density at radius 1 is 1.17 bits per heavy atom. The smallest absolute Gasteiger partial charge is 0.324 e. The molecule has 0 saturated heterocycles. The third-order valence-corrected chi connectivity index (χ3v) is 4.75. The van der Waals surface area contributed by atoms with Crippen molar-refractivity contribution in [3.63, 3.8) is 0 Å². The van der Waals surface area contributed by atoms with Crippen LogP contribution >= 0.6 is 11.8 Å². The molecule has 3 rings (SSSR count). The number of hydrogen-bond donors (Lipinski definition) is 1. The van der Waals surface area contributed by atoms with Crippen LogP contribution in [0.25, 0.3) is 0 Å². The molecule has 6 nitrogen and oxygen atoms in total. The molecule has 0 bridgehead atoms. The Morgan fingerprint density at radius 2 is 1.90 bits per heavy atom. The number of halogens is 3. The molecular weight excluding hydrogens is 405 g/mol. The number of carbonyl (C=O) groups excluding carboxylic acids is 1. The molecule has 0 spiro atoms. The molecule has 0 aliphatic heterocycles. The number of amides is 1. The molecular formula is C19H15F3N4O2S. The maximum absolute atomic E-state index is 12.8. The third kappa shape index (κ3) is 5.23. The van der Waals surface area contributed by atoms with Gasteiger partial charge in [-0.2, -0.15) is 13.2 Å². The van der Waals surface area contributed by atoms with Crippen LogP contribution in [0.2, 0.25) is 0 Å². The summed E-state index contributed by atoms with van der Waals surface area (Å²) in [5.41, 5.74) is -1.33. The summed E-state index contributed by atoms with van der Waals surface area (Å²) in [5.74, 6) is -0.610. The zero-order valence-corrected chi connectivity index (χ0v) is 15.9. The van der Waals surface area contributed by atoms with Gasteiger partial charge in [-0.05, 0) is 60.6 Å². The summed E-state index contributed by atoms with van der Waals surface area (Å²) in [6, 6.07) is 8.75. The number of aryl methyl sites for hydroxylation is 1. The van der Waals surface area contributed by atoms with Gasteiger partial charge in [-0.3, -0.25) is 9.59 Å². The van der Waals surface area contributed by atoms with Gasteiger partial charge in [0, 0.05) is 29.2 Å². The summed E-state index contributed by atoms with van der Waals surface area (Å²) in [7, 11) is 0. The number of anilines is 1. The van der Waals surface area contributed by atoms with Gasteiger partial charge in [0.15, 0.2) is 5.16 Å². The highest BCUT2D eigenvalue weighted by Crippen LogP contribution is 2.28. The summed E-state index contributed by atoms with van der Waals surface area (Å²) < 4.78 is 39.2. The molecule has 2 heterocycles. The monoisotopic (exact) mass is 420 g/mol. The largest absolute Gasteiger partial charge is 0.421 e. The highest BCUT2D eigenvalue weighted by atomic mass is 32.2. The molecule has 0 aliphatic carbocycles. The molecule has 0 radical (unpaired) electrons. The van der Waals surface area contributed by atoms with Crippen LogP contribution in [0.4, 0.5) is 18.9 Å². The Bertz CT molecular complexity index is 1080. The fourth-order valence-corrected chi connectivity index (χ4v) is 3.31. The van der Waals surface area contributed by atoms with Crippen LogP contribution in [-0.4, -0.2) is 20.4 Å². The van der Waals surface area contributed by atoms with E-state index in [1.54, 1.807) is 37.5 Å². The first-order valence-electron chi connectivity index (χ1n) is 8.36. The molecule has 1 aromatic carbocycles. The topological polar surface area (TPSA) is 76.9 Å². The first-order chi connectivity index (χ1) is 13.7. The number of alkyl halides is 3. The average Bonchev–Trinajstić information content (AvgIpc) is 2.65. The van der Waals surface area contributed by atoms with Crippen LogP contribution in [0.1, 0.15) is 11.1 Å². The van der Waals surface area contributed by atoms with Crippen molar-refractivity contribution in [1.29, 1.82) is 0 Å². The molecule has 0 atom stereocenters. The van der Waals surface area contributed by atoms with Crippen molar-refractivity contribution in [3.8, 4) is 0 Å². The van der Waals surface area contributed by atoms with Gasteiger partial charge in [-0.1, -0.05) is 0 Å². The number of aromatic nitrogens is 3. The minimum Gasteiger partial charge on any atom is -0.324 e. The van der Waals surface area contributed by atoms with E-state index in [4.69, 9.17) is 0 Å². The number of carbonyl (C=O) groups is 1. The first kappa shape index (κ1) is 20.6. The molecule has 29 heavy (non-hydrogen) atoms. The molecule has 3 aromatic rings. The van der Waals surface area contributed by atoms with Gasteiger partial charge in [-0.15, -0.1) is 0 Å². The van der Waals surface area contributed by atoms with Crippen molar-refractivity contribution < 1.29 is 18.0 Å². The molecule has 150 valence electrons. The van der Waals surface area contributed by atoms with E-state index in [1.807, 2.05) is 6.07 Å². The lowest BCUT2D eigenvalue weighted by Gasteiger charge is -2.12.